The Morgan fingerprint density at radius 2 is 1.83 bits per heavy atom. The van der Waals surface area contributed by atoms with Crippen LogP contribution in [0.15, 0.2) is 18.2 Å². The van der Waals surface area contributed by atoms with Gasteiger partial charge in [0.05, 0.1) is 5.54 Å². The Morgan fingerprint density at radius 3 is 2.28 bits per heavy atom. The fraction of sp³-hybridized carbons (Fsp3) is 0.533. The average Bonchev–Trinajstić information content (AvgIpc) is 2.36. The minimum absolute atomic E-state index is 0.0144. The first-order chi connectivity index (χ1) is 8.35. The fourth-order valence-corrected chi connectivity index (χ4v) is 2.18. The maximum Gasteiger partial charge on any atom is 0.246 e. The van der Waals surface area contributed by atoms with Crippen molar-refractivity contribution in [3.63, 3.8) is 0 Å². The lowest BCUT2D eigenvalue weighted by Crippen LogP contribution is -2.53. The second kappa shape index (κ2) is 5.53. The molecule has 0 saturated heterocycles. The number of aryl methyl sites for hydroxylation is 2. The molecule has 1 rings (SSSR count). The maximum atomic E-state index is 12.5. The molecule has 3 heteroatoms. The fourth-order valence-electron chi connectivity index (χ4n) is 2.18. The molecule has 0 unspecified atom stereocenters. The van der Waals surface area contributed by atoms with Gasteiger partial charge < -0.3 is 10.6 Å². The first-order valence-corrected chi connectivity index (χ1v) is 6.50. The van der Waals surface area contributed by atoms with Gasteiger partial charge in [0.2, 0.25) is 5.91 Å². The summed E-state index contributed by atoms with van der Waals surface area (Å²) in [5, 5.41) is 0. The number of carbonyl (C=O) groups is 1. The summed E-state index contributed by atoms with van der Waals surface area (Å²) in [5.41, 5.74) is 8.64. The van der Waals surface area contributed by atoms with Gasteiger partial charge in [0, 0.05) is 12.7 Å². The highest BCUT2D eigenvalue weighted by Gasteiger charge is 2.33. The quantitative estimate of drug-likeness (QED) is 0.890. The molecule has 100 valence electrons. The molecule has 0 aliphatic rings. The summed E-state index contributed by atoms with van der Waals surface area (Å²) < 4.78 is 0. The summed E-state index contributed by atoms with van der Waals surface area (Å²) in [7, 11) is 1.80. The third-order valence-electron chi connectivity index (χ3n) is 3.71. The number of likely N-dealkylation sites (N-methyl/N-ethyl adjacent to an activating group) is 1. The summed E-state index contributed by atoms with van der Waals surface area (Å²) in [6.07, 6.45) is 1.30. The Kier molecular flexibility index (Phi) is 4.52. The van der Waals surface area contributed by atoms with E-state index in [4.69, 9.17) is 5.73 Å². The van der Waals surface area contributed by atoms with E-state index in [-0.39, 0.29) is 5.91 Å². The predicted octanol–water partition coefficient (Wildman–Crippen LogP) is 2.78. The van der Waals surface area contributed by atoms with Crippen LogP contribution in [-0.2, 0) is 4.79 Å². The molecule has 0 atom stereocenters. The minimum Gasteiger partial charge on any atom is -0.317 e. The van der Waals surface area contributed by atoms with E-state index in [0.29, 0.717) is 12.8 Å². The first-order valence-electron chi connectivity index (χ1n) is 6.50. The van der Waals surface area contributed by atoms with Crippen LogP contribution < -0.4 is 10.6 Å². The minimum atomic E-state index is -0.758. The molecule has 0 fully saturated rings. The number of nitrogens with zero attached hydrogens (tertiary/aromatic N) is 1. The van der Waals surface area contributed by atoms with Gasteiger partial charge in [-0.15, -0.1) is 0 Å². The van der Waals surface area contributed by atoms with Crippen LogP contribution in [0.1, 0.15) is 37.8 Å². The number of hydrogen-bond acceptors (Lipinski definition) is 2. The smallest absolute Gasteiger partial charge is 0.246 e. The van der Waals surface area contributed by atoms with Gasteiger partial charge in [0.15, 0.2) is 0 Å². The second-order valence-electron chi connectivity index (χ2n) is 5.02. The van der Waals surface area contributed by atoms with Crippen LogP contribution in [0.25, 0.3) is 0 Å². The Labute approximate surface area is 110 Å². The first kappa shape index (κ1) is 14.7. The Bertz CT molecular complexity index is 436. The Morgan fingerprint density at radius 1 is 1.28 bits per heavy atom. The van der Waals surface area contributed by atoms with Gasteiger partial charge in [-0.05, 0) is 38.3 Å². The molecule has 2 N–H and O–H groups in total. The van der Waals surface area contributed by atoms with E-state index in [1.54, 1.807) is 11.9 Å². The average molecular weight is 248 g/mol. The molecule has 0 aromatic heterocycles. The second-order valence-corrected chi connectivity index (χ2v) is 5.02. The summed E-state index contributed by atoms with van der Waals surface area (Å²) in [5.74, 6) is -0.0144. The van der Waals surface area contributed by atoms with Crippen molar-refractivity contribution in [2.24, 2.45) is 5.73 Å². The van der Waals surface area contributed by atoms with Gasteiger partial charge in [-0.1, -0.05) is 31.5 Å². The van der Waals surface area contributed by atoms with Crippen LogP contribution in [0.4, 0.5) is 5.69 Å². The third kappa shape index (κ3) is 2.72. The topological polar surface area (TPSA) is 46.3 Å². The lowest BCUT2D eigenvalue weighted by atomic mass is 9.92. The standard InChI is InChI=1S/C15H24N2O/c1-6-15(16,7-2)14(18)17(5)13-9-8-11(3)10-12(13)4/h8-10H,6-7,16H2,1-5H3. The van der Waals surface area contributed by atoms with Gasteiger partial charge in [0.1, 0.15) is 0 Å². The molecule has 0 heterocycles. The van der Waals surface area contributed by atoms with Crippen LogP contribution >= 0.6 is 0 Å². The summed E-state index contributed by atoms with van der Waals surface area (Å²) in [6, 6.07) is 6.08. The number of amides is 1. The molecule has 0 aliphatic carbocycles. The Balaban J connectivity index is 3.07. The normalized spacial score (nSPS) is 11.4. The molecular weight excluding hydrogens is 224 g/mol. The van der Waals surface area contributed by atoms with Gasteiger partial charge in [-0.2, -0.15) is 0 Å². The molecule has 3 nitrogen and oxygen atoms in total. The van der Waals surface area contributed by atoms with E-state index in [0.717, 1.165) is 11.3 Å². The third-order valence-corrected chi connectivity index (χ3v) is 3.71. The van der Waals surface area contributed by atoms with Crippen LogP contribution in [0.5, 0.6) is 0 Å². The summed E-state index contributed by atoms with van der Waals surface area (Å²) in [4.78, 5) is 14.1. The van der Waals surface area contributed by atoms with Crippen molar-refractivity contribution in [3.8, 4) is 0 Å². The van der Waals surface area contributed by atoms with Crippen molar-refractivity contribution in [2.75, 3.05) is 11.9 Å². The highest BCUT2D eigenvalue weighted by Crippen LogP contribution is 2.24. The van der Waals surface area contributed by atoms with E-state index in [2.05, 4.69) is 6.07 Å². The van der Waals surface area contributed by atoms with Crippen LogP contribution in [0.2, 0.25) is 0 Å². The van der Waals surface area contributed by atoms with Crippen molar-refractivity contribution in [1.82, 2.24) is 0 Å². The van der Waals surface area contributed by atoms with Gasteiger partial charge >= 0.3 is 0 Å². The van der Waals surface area contributed by atoms with Crippen molar-refractivity contribution < 1.29 is 4.79 Å². The van der Waals surface area contributed by atoms with E-state index in [1.807, 2.05) is 39.8 Å². The largest absolute Gasteiger partial charge is 0.317 e. The molecule has 0 bridgehead atoms. The number of rotatable bonds is 4. The number of nitrogens with two attached hydrogens (primary N) is 1. The number of hydrogen-bond donors (Lipinski definition) is 1. The Hall–Kier alpha value is -1.35. The van der Waals surface area contributed by atoms with Gasteiger partial charge in [0.25, 0.3) is 0 Å². The lowest BCUT2D eigenvalue weighted by molar-refractivity contribution is -0.123. The molecule has 1 aromatic rings. The molecular formula is C15H24N2O. The molecule has 0 radical (unpaired) electrons. The number of carbonyl (C=O) groups excluding carboxylic acids is 1. The van der Waals surface area contributed by atoms with E-state index >= 15 is 0 Å². The van der Waals surface area contributed by atoms with Crippen LogP contribution in [0, 0.1) is 13.8 Å². The van der Waals surface area contributed by atoms with Crippen molar-refractivity contribution >= 4 is 11.6 Å². The predicted molar refractivity (Wildman–Crippen MR) is 76.8 cm³/mol. The van der Waals surface area contributed by atoms with Gasteiger partial charge in [-0.3, -0.25) is 4.79 Å². The number of benzene rings is 1. The van der Waals surface area contributed by atoms with E-state index in [1.165, 1.54) is 5.56 Å². The van der Waals surface area contributed by atoms with Crippen molar-refractivity contribution in [2.45, 2.75) is 46.1 Å². The monoisotopic (exact) mass is 248 g/mol. The zero-order chi connectivity index (χ0) is 13.9. The highest BCUT2D eigenvalue weighted by atomic mass is 16.2. The van der Waals surface area contributed by atoms with E-state index in [9.17, 15) is 4.79 Å². The van der Waals surface area contributed by atoms with Crippen molar-refractivity contribution in [1.29, 1.82) is 0 Å². The summed E-state index contributed by atoms with van der Waals surface area (Å²) >= 11 is 0. The molecule has 0 saturated carbocycles. The zero-order valence-electron chi connectivity index (χ0n) is 12.1. The molecule has 0 aliphatic heterocycles. The van der Waals surface area contributed by atoms with E-state index < -0.39 is 5.54 Å². The zero-order valence-corrected chi connectivity index (χ0v) is 12.1. The van der Waals surface area contributed by atoms with Crippen LogP contribution in [0.3, 0.4) is 0 Å². The van der Waals surface area contributed by atoms with Gasteiger partial charge in [-0.25, -0.2) is 0 Å². The highest BCUT2D eigenvalue weighted by molar-refractivity contribution is 6.00. The molecule has 18 heavy (non-hydrogen) atoms. The molecule has 1 amide bonds. The number of anilines is 1. The SMILES string of the molecule is CCC(N)(CC)C(=O)N(C)c1ccc(C)cc1C. The molecule has 0 spiro atoms. The summed E-state index contributed by atoms with van der Waals surface area (Å²) in [6.45, 7) is 7.97. The molecule has 1 aromatic carbocycles. The maximum absolute atomic E-state index is 12.5. The van der Waals surface area contributed by atoms with Crippen LogP contribution in [-0.4, -0.2) is 18.5 Å². The van der Waals surface area contributed by atoms with Crippen molar-refractivity contribution in [3.05, 3.63) is 29.3 Å². The lowest BCUT2D eigenvalue weighted by Gasteiger charge is -2.31.